The third-order valence-electron chi connectivity index (χ3n) is 3.50. The summed E-state index contributed by atoms with van der Waals surface area (Å²) in [6.07, 6.45) is 1.88. The van der Waals surface area contributed by atoms with Gasteiger partial charge in [-0.15, -0.1) is 0 Å². The number of ether oxygens (including phenoxy) is 1. The lowest BCUT2D eigenvalue weighted by atomic mass is 10.2. The third kappa shape index (κ3) is 4.54. The molecule has 5 nitrogen and oxygen atoms in total. The van der Waals surface area contributed by atoms with Gasteiger partial charge in [-0.2, -0.15) is 4.31 Å². The van der Waals surface area contributed by atoms with E-state index in [1.165, 1.54) is 23.5 Å². The van der Waals surface area contributed by atoms with Crippen molar-refractivity contribution in [1.29, 1.82) is 0 Å². The second kappa shape index (κ2) is 7.56. The van der Waals surface area contributed by atoms with Gasteiger partial charge in [-0.05, 0) is 31.0 Å². The Balaban J connectivity index is 2.92. The summed E-state index contributed by atoms with van der Waals surface area (Å²) in [6.45, 7) is 3.92. The summed E-state index contributed by atoms with van der Waals surface area (Å²) in [5.74, 6) is -0.348. The van der Waals surface area contributed by atoms with Crippen LogP contribution in [0.3, 0.4) is 0 Å². The SMILES string of the molecule is CCCC(C)N(C)S(=O)(=O)c1ccc(CC(=O)OC)cc1. The maximum Gasteiger partial charge on any atom is 0.309 e. The average molecular weight is 313 g/mol. The number of nitrogens with zero attached hydrogens (tertiary/aromatic N) is 1. The standard InChI is InChI=1S/C15H23NO4S/c1-5-6-12(2)16(3)21(18,19)14-9-7-13(8-10-14)11-15(17)20-4/h7-10,12H,5-6,11H2,1-4H3. The van der Waals surface area contributed by atoms with Crippen LogP contribution >= 0.6 is 0 Å². The maximum absolute atomic E-state index is 12.5. The number of hydrogen-bond donors (Lipinski definition) is 0. The van der Waals surface area contributed by atoms with Gasteiger partial charge in [-0.3, -0.25) is 4.79 Å². The minimum atomic E-state index is -3.49. The van der Waals surface area contributed by atoms with Crippen LogP contribution in [-0.4, -0.2) is 38.9 Å². The van der Waals surface area contributed by atoms with E-state index in [-0.39, 0.29) is 23.3 Å². The molecule has 0 saturated carbocycles. The lowest BCUT2D eigenvalue weighted by molar-refractivity contribution is -0.139. The Morgan fingerprint density at radius 2 is 1.86 bits per heavy atom. The van der Waals surface area contributed by atoms with Gasteiger partial charge in [-0.1, -0.05) is 25.5 Å². The van der Waals surface area contributed by atoms with Crippen LogP contribution in [0, 0.1) is 0 Å². The van der Waals surface area contributed by atoms with Crippen molar-refractivity contribution in [3.05, 3.63) is 29.8 Å². The molecule has 0 radical (unpaired) electrons. The van der Waals surface area contributed by atoms with E-state index in [2.05, 4.69) is 4.74 Å². The average Bonchev–Trinajstić information content (AvgIpc) is 2.47. The van der Waals surface area contributed by atoms with Crippen LogP contribution in [0.4, 0.5) is 0 Å². The van der Waals surface area contributed by atoms with Gasteiger partial charge >= 0.3 is 5.97 Å². The van der Waals surface area contributed by atoms with E-state index in [1.54, 1.807) is 19.2 Å². The molecule has 1 atom stereocenters. The highest BCUT2D eigenvalue weighted by atomic mass is 32.2. The molecule has 1 rings (SSSR count). The molecule has 1 aromatic rings. The highest BCUT2D eigenvalue weighted by Crippen LogP contribution is 2.19. The molecular formula is C15H23NO4S. The van der Waals surface area contributed by atoms with Crippen LogP contribution in [0.5, 0.6) is 0 Å². The van der Waals surface area contributed by atoms with E-state index in [0.717, 1.165) is 18.4 Å². The molecule has 0 N–H and O–H groups in total. The number of rotatable bonds is 7. The van der Waals surface area contributed by atoms with E-state index in [0.29, 0.717) is 0 Å². The van der Waals surface area contributed by atoms with Gasteiger partial charge in [0.1, 0.15) is 0 Å². The fraction of sp³-hybridized carbons (Fsp3) is 0.533. The fourth-order valence-electron chi connectivity index (χ4n) is 2.02. The quantitative estimate of drug-likeness (QED) is 0.724. The zero-order valence-electron chi connectivity index (χ0n) is 13.0. The monoisotopic (exact) mass is 313 g/mol. The molecule has 0 aliphatic heterocycles. The van der Waals surface area contributed by atoms with Gasteiger partial charge in [0, 0.05) is 13.1 Å². The number of methoxy groups -OCH3 is 1. The normalized spacial score (nSPS) is 13.2. The third-order valence-corrected chi connectivity index (χ3v) is 5.49. The van der Waals surface area contributed by atoms with Crippen LogP contribution in [0.1, 0.15) is 32.3 Å². The summed E-state index contributed by atoms with van der Waals surface area (Å²) in [5.41, 5.74) is 0.727. The zero-order valence-corrected chi connectivity index (χ0v) is 13.8. The van der Waals surface area contributed by atoms with Crippen molar-refractivity contribution in [3.63, 3.8) is 0 Å². The maximum atomic E-state index is 12.5. The molecule has 0 spiro atoms. The van der Waals surface area contributed by atoms with Crippen molar-refractivity contribution in [2.45, 2.75) is 44.0 Å². The summed E-state index contributed by atoms with van der Waals surface area (Å²) in [6, 6.07) is 6.30. The molecule has 1 aromatic carbocycles. The highest BCUT2D eigenvalue weighted by Gasteiger charge is 2.24. The van der Waals surface area contributed by atoms with Crippen molar-refractivity contribution in [2.75, 3.05) is 14.2 Å². The molecule has 0 saturated heterocycles. The predicted octanol–water partition coefficient (Wildman–Crippen LogP) is 2.21. The van der Waals surface area contributed by atoms with Crippen molar-refractivity contribution < 1.29 is 17.9 Å². The molecular weight excluding hydrogens is 290 g/mol. The Hall–Kier alpha value is -1.40. The van der Waals surface area contributed by atoms with E-state index < -0.39 is 10.0 Å². The van der Waals surface area contributed by atoms with Crippen molar-refractivity contribution in [3.8, 4) is 0 Å². The molecule has 0 aromatic heterocycles. The van der Waals surface area contributed by atoms with Crippen molar-refractivity contribution >= 4 is 16.0 Å². The number of sulfonamides is 1. The van der Waals surface area contributed by atoms with Crippen molar-refractivity contribution in [2.24, 2.45) is 0 Å². The van der Waals surface area contributed by atoms with Crippen LogP contribution in [-0.2, 0) is 26.0 Å². The van der Waals surface area contributed by atoms with E-state index in [9.17, 15) is 13.2 Å². The van der Waals surface area contributed by atoms with Gasteiger partial charge in [0.05, 0.1) is 18.4 Å². The van der Waals surface area contributed by atoms with E-state index in [4.69, 9.17) is 0 Å². The van der Waals surface area contributed by atoms with Crippen LogP contribution in [0.25, 0.3) is 0 Å². The van der Waals surface area contributed by atoms with Gasteiger partial charge in [0.25, 0.3) is 0 Å². The molecule has 118 valence electrons. The molecule has 0 heterocycles. The zero-order chi connectivity index (χ0) is 16.0. The van der Waals surface area contributed by atoms with Gasteiger partial charge in [0.2, 0.25) is 10.0 Å². The Bertz CT molecular complexity index is 566. The first-order valence-electron chi connectivity index (χ1n) is 6.96. The number of hydrogen-bond acceptors (Lipinski definition) is 4. The lowest BCUT2D eigenvalue weighted by Crippen LogP contribution is -2.34. The van der Waals surface area contributed by atoms with Gasteiger partial charge < -0.3 is 4.74 Å². The first-order valence-corrected chi connectivity index (χ1v) is 8.40. The first kappa shape index (κ1) is 17.7. The molecule has 0 amide bonds. The molecule has 0 fully saturated rings. The lowest BCUT2D eigenvalue weighted by Gasteiger charge is -2.24. The Kier molecular flexibility index (Phi) is 6.36. The Morgan fingerprint density at radius 3 is 2.33 bits per heavy atom. The first-order chi connectivity index (χ1) is 9.82. The highest BCUT2D eigenvalue weighted by molar-refractivity contribution is 7.89. The Morgan fingerprint density at radius 1 is 1.29 bits per heavy atom. The molecule has 0 aliphatic rings. The summed E-state index contributed by atoms with van der Waals surface area (Å²) in [4.78, 5) is 11.4. The summed E-state index contributed by atoms with van der Waals surface area (Å²) in [7, 11) is -0.574. The van der Waals surface area contributed by atoms with Crippen molar-refractivity contribution in [1.82, 2.24) is 4.31 Å². The summed E-state index contributed by atoms with van der Waals surface area (Å²) < 4.78 is 30.9. The van der Waals surface area contributed by atoms with E-state index >= 15 is 0 Å². The number of esters is 1. The van der Waals surface area contributed by atoms with Gasteiger partial charge in [-0.25, -0.2) is 8.42 Å². The van der Waals surface area contributed by atoms with E-state index in [1.807, 2.05) is 13.8 Å². The second-order valence-electron chi connectivity index (χ2n) is 5.06. The number of carbonyl (C=O) groups is 1. The topological polar surface area (TPSA) is 63.7 Å². The minimum Gasteiger partial charge on any atom is -0.469 e. The molecule has 0 aliphatic carbocycles. The smallest absolute Gasteiger partial charge is 0.309 e. The largest absolute Gasteiger partial charge is 0.469 e. The molecule has 6 heteroatoms. The van der Waals surface area contributed by atoms with Crippen LogP contribution in [0.2, 0.25) is 0 Å². The van der Waals surface area contributed by atoms with Crippen LogP contribution in [0.15, 0.2) is 29.2 Å². The minimum absolute atomic E-state index is 0.0465. The number of benzene rings is 1. The molecule has 1 unspecified atom stereocenters. The molecule has 0 bridgehead atoms. The molecule has 21 heavy (non-hydrogen) atoms. The summed E-state index contributed by atoms with van der Waals surface area (Å²) in [5, 5.41) is 0. The fourth-order valence-corrected chi connectivity index (χ4v) is 3.41. The van der Waals surface area contributed by atoms with Crippen LogP contribution < -0.4 is 0 Å². The predicted molar refractivity (Wildman–Crippen MR) is 81.5 cm³/mol. The second-order valence-corrected chi connectivity index (χ2v) is 7.05. The number of carbonyl (C=O) groups excluding carboxylic acids is 1. The van der Waals surface area contributed by atoms with Gasteiger partial charge in [0.15, 0.2) is 0 Å². The summed E-state index contributed by atoms with van der Waals surface area (Å²) >= 11 is 0. The Labute approximate surface area is 127 Å².